The fourth-order valence-electron chi connectivity index (χ4n) is 3.09. The van der Waals surface area contributed by atoms with E-state index in [4.69, 9.17) is 0 Å². The third-order valence-corrected chi connectivity index (χ3v) is 4.21. The van der Waals surface area contributed by atoms with E-state index >= 15 is 0 Å². The Kier molecular flexibility index (Phi) is 4.30. The predicted octanol–water partition coefficient (Wildman–Crippen LogP) is 2.21. The lowest BCUT2D eigenvalue weighted by molar-refractivity contribution is -0.385. The van der Waals surface area contributed by atoms with Gasteiger partial charge in [-0.05, 0) is 12.8 Å². The van der Waals surface area contributed by atoms with Crippen LogP contribution in [0.3, 0.4) is 0 Å². The lowest BCUT2D eigenvalue weighted by Crippen LogP contribution is -2.25. The summed E-state index contributed by atoms with van der Waals surface area (Å²) in [5.41, 5.74) is -1.06. The summed E-state index contributed by atoms with van der Waals surface area (Å²) in [4.78, 5) is 59.8. The smallest absolute Gasteiger partial charge is 0.284 e. The largest absolute Gasteiger partial charge is 0.325 e. The number of Topliss-reactive ketones (excluding diaryl/α,β-unsaturated/α-hetero) is 2. The van der Waals surface area contributed by atoms with Gasteiger partial charge in [0.25, 0.3) is 5.69 Å². The molecule has 9 heteroatoms. The third-order valence-electron chi connectivity index (χ3n) is 4.21. The van der Waals surface area contributed by atoms with E-state index in [0.29, 0.717) is 0 Å². The van der Waals surface area contributed by atoms with Crippen molar-refractivity contribution in [3.63, 3.8) is 0 Å². The summed E-state index contributed by atoms with van der Waals surface area (Å²) in [7, 11) is 0. The second-order valence-corrected chi connectivity index (χ2v) is 5.98. The number of benzene rings is 1. The number of nitrogens with zero attached hydrogens (tertiary/aromatic N) is 1. The van der Waals surface area contributed by atoms with Crippen molar-refractivity contribution in [3.05, 3.63) is 27.3 Å². The first kappa shape index (κ1) is 16.7. The Morgan fingerprint density at radius 3 is 2.04 bits per heavy atom. The first-order valence-electron chi connectivity index (χ1n) is 7.90. The summed E-state index contributed by atoms with van der Waals surface area (Å²) in [6, 6.07) is 1.03. The van der Waals surface area contributed by atoms with E-state index in [1.165, 1.54) is 0 Å². The minimum Gasteiger partial charge on any atom is -0.325 e. The highest BCUT2D eigenvalue weighted by Gasteiger charge is 2.34. The first-order chi connectivity index (χ1) is 11.9. The van der Waals surface area contributed by atoms with Gasteiger partial charge in [-0.25, -0.2) is 0 Å². The van der Waals surface area contributed by atoms with Crippen LogP contribution in [0.4, 0.5) is 17.1 Å². The molecule has 1 aliphatic carbocycles. The van der Waals surface area contributed by atoms with E-state index in [9.17, 15) is 29.3 Å². The highest BCUT2D eigenvalue weighted by molar-refractivity contribution is 6.19. The molecule has 1 heterocycles. The monoisotopic (exact) mass is 345 g/mol. The van der Waals surface area contributed by atoms with Gasteiger partial charge in [-0.1, -0.05) is 0 Å². The number of nitrogens with one attached hydrogen (secondary N) is 2. The van der Waals surface area contributed by atoms with Gasteiger partial charge >= 0.3 is 0 Å². The first-order valence-corrected chi connectivity index (χ1v) is 7.90. The normalized spacial score (nSPS) is 17.9. The van der Waals surface area contributed by atoms with Gasteiger partial charge in [-0.3, -0.25) is 29.3 Å². The van der Waals surface area contributed by atoms with Crippen molar-refractivity contribution in [2.75, 3.05) is 10.6 Å². The molecule has 1 aromatic rings. The van der Waals surface area contributed by atoms with Gasteiger partial charge < -0.3 is 10.6 Å². The molecular weight excluding hydrogens is 330 g/mol. The molecule has 4 bridgehead atoms. The maximum absolute atomic E-state index is 12.5. The number of carbonyl (C=O) groups excluding carboxylic acids is 4. The number of hydrogen-bond donors (Lipinski definition) is 2. The molecule has 3 rings (SSSR count). The summed E-state index contributed by atoms with van der Waals surface area (Å²) in [5.74, 6) is -1.83. The van der Waals surface area contributed by atoms with Crippen molar-refractivity contribution in [3.8, 4) is 0 Å². The molecule has 1 aromatic carbocycles. The van der Waals surface area contributed by atoms with Crippen molar-refractivity contribution in [1.82, 2.24) is 0 Å². The molecule has 2 N–H and O–H groups in total. The van der Waals surface area contributed by atoms with Crippen LogP contribution in [0.2, 0.25) is 0 Å². The number of nitro groups is 1. The van der Waals surface area contributed by atoms with E-state index in [0.717, 1.165) is 6.07 Å². The topological polar surface area (TPSA) is 135 Å². The van der Waals surface area contributed by atoms with E-state index in [1.54, 1.807) is 0 Å². The Hall–Kier alpha value is -3.10. The number of carbonyl (C=O) groups is 4. The van der Waals surface area contributed by atoms with Gasteiger partial charge in [-0.15, -0.1) is 0 Å². The Bertz CT molecular complexity index is 830. The number of ketones is 2. The van der Waals surface area contributed by atoms with Crippen molar-refractivity contribution < 1.29 is 24.1 Å². The summed E-state index contributed by atoms with van der Waals surface area (Å²) in [6.45, 7) is 0. The van der Waals surface area contributed by atoms with Gasteiger partial charge in [0.2, 0.25) is 11.8 Å². The summed E-state index contributed by atoms with van der Waals surface area (Å²) >= 11 is 0. The Morgan fingerprint density at radius 2 is 1.40 bits per heavy atom. The van der Waals surface area contributed by atoms with Gasteiger partial charge in [0.05, 0.1) is 21.9 Å². The molecule has 9 nitrogen and oxygen atoms in total. The van der Waals surface area contributed by atoms with Crippen LogP contribution in [-0.2, 0) is 9.59 Å². The lowest BCUT2D eigenvalue weighted by Gasteiger charge is -2.22. The third kappa shape index (κ3) is 3.12. The van der Waals surface area contributed by atoms with E-state index < -0.39 is 28.2 Å². The molecule has 0 unspecified atom stereocenters. The van der Waals surface area contributed by atoms with E-state index in [2.05, 4.69) is 10.6 Å². The second-order valence-electron chi connectivity index (χ2n) is 5.98. The summed E-state index contributed by atoms with van der Waals surface area (Å²) in [5, 5.41) is 16.4. The number of amides is 2. The second kappa shape index (κ2) is 6.42. The van der Waals surface area contributed by atoms with Crippen LogP contribution < -0.4 is 10.6 Å². The fraction of sp³-hybridized carbons (Fsp3) is 0.375. The molecule has 0 saturated carbocycles. The van der Waals surface area contributed by atoms with Gasteiger partial charge in [0.15, 0.2) is 11.6 Å². The summed E-state index contributed by atoms with van der Waals surface area (Å²) in [6.07, 6.45) is 0.613. The minimum absolute atomic E-state index is 0.00665. The molecule has 2 aliphatic rings. The van der Waals surface area contributed by atoms with Crippen LogP contribution in [0, 0.1) is 10.1 Å². The van der Waals surface area contributed by atoms with Gasteiger partial charge in [0.1, 0.15) is 5.56 Å². The molecule has 0 fully saturated rings. The van der Waals surface area contributed by atoms with Gasteiger partial charge in [-0.2, -0.15) is 0 Å². The van der Waals surface area contributed by atoms with Crippen LogP contribution in [-0.4, -0.2) is 28.3 Å². The number of anilines is 2. The lowest BCUT2D eigenvalue weighted by atomic mass is 9.89. The number of rotatable bonds is 1. The number of nitro benzene ring substituents is 1. The average Bonchev–Trinajstić information content (AvgIpc) is 2.52. The average molecular weight is 345 g/mol. The zero-order valence-corrected chi connectivity index (χ0v) is 13.2. The van der Waals surface area contributed by atoms with E-state index in [1.807, 2.05) is 0 Å². The quantitative estimate of drug-likeness (QED) is 0.591. The van der Waals surface area contributed by atoms with Gasteiger partial charge in [0, 0.05) is 31.7 Å². The van der Waals surface area contributed by atoms with Crippen LogP contribution in [0.15, 0.2) is 6.07 Å². The highest BCUT2D eigenvalue weighted by Crippen LogP contribution is 2.40. The van der Waals surface area contributed by atoms with Crippen LogP contribution in [0.5, 0.6) is 0 Å². The minimum atomic E-state index is -0.750. The molecule has 0 radical (unpaired) electrons. The predicted molar refractivity (Wildman–Crippen MR) is 86.7 cm³/mol. The molecule has 130 valence electrons. The molecule has 1 aliphatic heterocycles. The maximum Gasteiger partial charge on any atom is 0.284 e. The summed E-state index contributed by atoms with van der Waals surface area (Å²) < 4.78 is 0. The molecule has 0 atom stereocenters. The van der Waals surface area contributed by atoms with Crippen LogP contribution >= 0.6 is 0 Å². The van der Waals surface area contributed by atoms with Crippen molar-refractivity contribution >= 4 is 40.4 Å². The molecule has 0 spiro atoms. The molecule has 0 aromatic heterocycles. The fourth-order valence-corrected chi connectivity index (χ4v) is 3.09. The standard InChI is InChI=1S/C16H15N3O6/c20-10-3-1-4-11(21)15-9(19(24)25)7-8-14(10)16(15)18-13(23)6-2-5-12(22)17-8/h7H,1-6H2,(H,17,22)(H,18,23). The Labute approximate surface area is 141 Å². The molecule has 0 saturated heterocycles. The molecule has 2 amide bonds. The Morgan fingerprint density at radius 1 is 0.840 bits per heavy atom. The maximum atomic E-state index is 12.5. The zero-order valence-electron chi connectivity index (χ0n) is 13.2. The van der Waals surface area contributed by atoms with Crippen molar-refractivity contribution in [2.45, 2.75) is 38.5 Å². The van der Waals surface area contributed by atoms with Crippen molar-refractivity contribution in [2.24, 2.45) is 0 Å². The van der Waals surface area contributed by atoms with Crippen LogP contribution in [0.1, 0.15) is 59.2 Å². The molecule has 25 heavy (non-hydrogen) atoms. The van der Waals surface area contributed by atoms with Crippen molar-refractivity contribution in [1.29, 1.82) is 0 Å². The zero-order chi connectivity index (χ0) is 18.1. The highest BCUT2D eigenvalue weighted by atomic mass is 16.6. The SMILES string of the molecule is O=C1CCCC(=O)Nc2c3c(cc([N+](=O)[O-])c2C(=O)CCCC3=O)N1. The van der Waals surface area contributed by atoms with E-state index in [-0.39, 0.29) is 66.8 Å². The Balaban J connectivity index is 2.37. The molecular formula is C16H15N3O6. The number of hydrogen-bond acceptors (Lipinski definition) is 6. The van der Waals surface area contributed by atoms with Crippen LogP contribution in [0.25, 0.3) is 0 Å².